The van der Waals surface area contributed by atoms with Gasteiger partial charge >= 0.3 is 11.9 Å². The van der Waals surface area contributed by atoms with Gasteiger partial charge in [-0.1, -0.05) is 31.3 Å². The minimum atomic E-state index is -1.70. The highest BCUT2D eigenvalue weighted by Crippen LogP contribution is 2.16. The normalized spacial score (nSPS) is 14.8. The molecule has 0 aromatic carbocycles. The molecule has 4 N–H and O–H groups in total. The van der Waals surface area contributed by atoms with Crippen molar-refractivity contribution in [3.05, 3.63) is 24.3 Å². The molecule has 7 heteroatoms. The lowest BCUT2D eigenvalue weighted by atomic mass is 9.96. The van der Waals surface area contributed by atoms with Crippen LogP contribution in [-0.2, 0) is 9.59 Å². The Balaban J connectivity index is 4.47. The molecule has 112 valence electrons. The lowest BCUT2D eigenvalue weighted by Crippen LogP contribution is -2.21. The van der Waals surface area contributed by atoms with Crippen LogP contribution in [0.1, 0.15) is 19.8 Å². The summed E-state index contributed by atoms with van der Waals surface area (Å²) in [5.74, 6) is -3.12. The molecule has 0 amide bonds. The van der Waals surface area contributed by atoms with Gasteiger partial charge < -0.3 is 20.4 Å². The van der Waals surface area contributed by atoms with E-state index in [0.29, 0.717) is 11.3 Å². The third kappa shape index (κ3) is 9.37. The van der Waals surface area contributed by atoms with Gasteiger partial charge in [0.15, 0.2) is 6.29 Å². The molecule has 0 spiro atoms. The van der Waals surface area contributed by atoms with Crippen molar-refractivity contribution in [1.29, 1.82) is 0 Å². The number of hydrogen-bond acceptors (Lipinski definition) is 5. The van der Waals surface area contributed by atoms with Crippen molar-refractivity contribution < 1.29 is 30.0 Å². The van der Waals surface area contributed by atoms with Gasteiger partial charge in [0.05, 0.1) is 0 Å². The molecule has 0 aromatic rings. The second-order valence-electron chi connectivity index (χ2n) is 4.40. The average Bonchev–Trinajstić information content (AvgIpc) is 2.31. The van der Waals surface area contributed by atoms with Gasteiger partial charge in [-0.3, -0.25) is 0 Å². The molecule has 0 bridgehead atoms. The summed E-state index contributed by atoms with van der Waals surface area (Å²) in [4.78, 5) is 21.3. The van der Waals surface area contributed by atoms with E-state index in [1.54, 1.807) is 6.92 Å². The van der Waals surface area contributed by atoms with Crippen molar-refractivity contribution in [3.63, 3.8) is 0 Å². The predicted molar refractivity (Wildman–Crippen MR) is 76.3 cm³/mol. The summed E-state index contributed by atoms with van der Waals surface area (Å²) in [5.41, 5.74) is 0. The molecular formula is C13H18O6S. The molecule has 2 atom stereocenters. The summed E-state index contributed by atoms with van der Waals surface area (Å²) in [5, 5.41) is 35.3. The van der Waals surface area contributed by atoms with E-state index in [0.717, 1.165) is 12.2 Å². The first-order valence-corrected chi connectivity index (χ1v) is 6.33. The maximum absolute atomic E-state index is 10.4. The zero-order valence-electron chi connectivity index (χ0n) is 11.0. The fraction of sp³-hybridized carbons (Fsp3) is 0.462. The second-order valence-corrected chi connectivity index (χ2v) is 4.97. The maximum atomic E-state index is 10.4. The van der Waals surface area contributed by atoms with Gasteiger partial charge in [-0.15, -0.1) is 0 Å². The smallest absolute Gasteiger partial charge is 0.327 e. The molecule has 0 aromatic heterocycles. The van der Waals surface area contributed by atoms with Crippen LogP contribution in [0.3, 0.4) is 0 Å². The highest BCUT2D eigenvalue weighted by atomic mass is 32.1. The maximum Gasteiger partial charge on any atom is 0.327 e. The molecule has 6 nitrogen and oxygen atoms in total. The van der Waals surface area contributed by atoms with Crippen LogP contribution in [0.2, 0.25) is 0 Å². The third-order valence-corrected chi connectivity index (χ3v) is 2.78. The van der Waals surface area contributed by atoms with Gasteiger partial charge in [0.25, 0.3) is 0 Å². The average molecular weight is 302 g/mol. The molecule has 20 heavy (non-hydrogen) atoms. The van der Waals surface area contributed by atoms with Crippen LogP contribution in [-0.4, -0.2) is 43.5 Å². The molecule has 0 aliphatic rings. The van der Waals surface area contributed by atoms with Gasteiger partial charge in [0, 0.05) is 18.1 Å². The van der Waals surface area contributed by atoms with E-state index in [1.165, 1.54) is 12.2 Å². The van der Waals surface area contributed by atoms with Gasteiger partial charge in [-0.05, 0) is 23.6 Å². The van der Waals surface area contributed by atoms with Crippen molar-refractivity contribution >= 4 is 29.0 Å². The Bertz CT molecular complexity index is 413. The highest BCUT2D eigenvalue weighted by Gasteiger charge is 2.17. The van der Waals surface area contributed by atoms with Crippen molar-refractivity contribution in [1.82, 2.24) is 0 Å². The van der Waals surface area contributed by atoms with Crippen molar-refractivity contribution in [2.24, 2.45) is 11.8 Å². The number of rotatable bonds is 9. The van der Waals surface area contributed by atoms with E-state index >= 15 is 0 Å². The molecule has 0 saturated heterocycles. The molecule has 0 heterocycles. The standard InChI is InChI=1S/C13H18O6S/c1-8(2-4-11(14)15)6-10(20)7-9(13(18)19)3-5-12(16)17/h2-5,8-9,13,18-19H,6-7H2,1H3,(H,14,15)(H,16,17). The Labute approximate surface area is 122 Å². The summed E-state index contributed by atoms with van der Waals surface area (Å²) >= 11 is 5.10. The van der Waals surface area contributed by atoms with Gasteiger partial charge in [-0.25, -0.2) is 9.59 Å². The van der Waals surface area contributed by atoms with E-state index in [-0.39, 0.29) is 12.3 Å². The number of aliphatic carboxylic acids is 2. The largest absolute Gasteiger partial charge is 0.478 e. The van der Waals surface area contributed by atoms with Gasteiger partial charge in [-0.2, -0.15) is 0 Å². The first-order valence-electron chi connectivity index (χ1n) is 5.92. The summed E-state index contributed by atoms with van der Waals surface area (Å²) in [6.45, 7) is 1.78. The molecule has 0 aliphatic carbocycles. The Kier molecular flexibility index (Phi) is 8.62. The molecule has 0 aliphatic heterocycles. The van der Waals surface area contributed by atoms with Crippen molar-refractivity contribution in [3.8, 4) is 0 Å². The van der Waals surface area contributed by atoms with E-state index in [4.69, 9.17) is 32.6 Å². The second kappa shape index (κ2) is 9.35. The Hall–Kier alpha value is -1.57. The molecule has 0 saturated carbocycles. The Morgan fingerprint density at radius 2 is 1.55 bits per heavy atom. The van der Waals surface area contributed by atoms with Crippen LogP contribution in [0, 0.1) is 11.8 Å². The number of carbonyl (C=O) groups is 2. The zero-order chi connectivity index (χ0) is 15.7. The minimum Gasteiger partial charge on any atom is -0.478 e. The number of aliphatic hydroxyl groups is 2. The Morgan fingerprint density at radius 1 is 1.05 bits per heavy atom. The van der Waals surface area contributed by atoms with Crippen LogP contribution in [0.15, 0.2) is 24.3 Å². The molecule has 0 radical (unpaired) electrons. The first-order chi connectivity index (χ1) is 9.22. The molecular weight excluding hydrogens is 284 g/mol. The first kappa shape index (κ1) is 18.4. The van der Waals surface area contributed by atoms with Gasteiger partial charge in [0.2, 0.25) is 0 Å². The fourth-order valence-corrected chi connectivity index (χ4v) is 1.95. The number of hydrogen-bond donors (Lipinski definition) is 4. The zero-order valence-corrected chi connectivity index (χ0v) is 11.8. The molecule has 2 unspecified atom stereocenters. The minimum absolute atomic E-state index is 0.0986. The van der Waals surface area contributed by atoms with Crippen LogP contribution in [0.5, 0.6) is 0 Å². The number of aliphatic hydroxyl groups excluding tert-OH is 1. The lowest BCUT2D eigenvalue weighted by Gasteiger charge is -2.16. The number of carboxylic acids is 2. The number of carboxylic acid groups (broad SMARTS) is 2. The number of thiocarbonyl (C=S) groups is 1. The summed E-state index contributed by atoms with van der Waals surface area (Å²) < 4.78 is 0. The van der Waals surface area contributed by atoms with E-state index < -0.39 is 24.1 Å². The van der Waals surface area contributed by atoms with Crippen LogP contribution in [0.25, 0.3) is 0 Å². The lowest BCUT2D eigenvalue weighted by molar-refractivity contribution is -0.132. The van der Waals surface area contributed by atoms with Crippen molar-refractivity contribution in [2.75, 3.05) is 0 Å². The fourth-order valence-electron chi connectivity index (χ4n) is 1.50. The predicted octanol–water partition coefficient (Wildman–Crippen LogP) is 0.981. The SMILES string of the molecule is CC(C=CC(=O)O)CC(=S)CC(C=CC(=O)O)C(O)O. The van der Waals surface area contributed by atoms with Crippen molar-refractivity contribution in [2.45, 2.75) is 26.1 Å². The summed E-state index contributed by atoms with van der Waals surface area (Å²) in [6.07, 6.45) is 3.37. The number of allylic oxidation sites excluding steroid dienone is 1. The van der Waals surface area contributed by atoms with Crippen LogP contribution < -0.4 is 0 Å². The quantitative estimate of drug-likeness (QED) is 0.285. The molecule has 0 rings (SSSR count). The van der Waals surface area contributed by atoms with Crippen LogP contribution >= 0.6 is 12.2 Å². The molecule has 0 fully saturated rings. The Morgan fingerprint density at radius 3 is 2.00 bits per heavy atom. The third-order valence-electron chi connectivity index (χ3n) is 2.45. The monoisotopic (exact) mass is 302 g/mol. The highest BCUT2D eigenvalue weighted by molar-refractivity contribution is 7.80. The van der Waals surface area contributed by atoms with E-state index in [1.807, 2.05) is 0 Å². The topological polar surface area (TPSA) is 115 Å². The summed E-state index contributed by atoms with van der Waals surface area (Å²) in [7, 11) is 0. The van der Waals surface area contributed by atoms with E-state index in [2.05, 4.69) is 0 Å². The summed E-state index contributed by atoms with van der Waals surface area (Å²) in [6, 6.07) is 0. The van der Waals surface area contributed by atoms with Crippen LogP contribution in [0.4, 0.5) is 0 Å². The van der Waals surface area contributed by atoms with E-state index in [9.17, 15) is 9.59 Å². The van der Waals surface area contributed by atoms with Gasteiger partial charge in [0.1, 0.15) is 0 Å².